The molecule has 2 aromatic rings. The third-order valence-corrected chi connectivity index (χ3v) is 7.32. The van der Waals surface area contributed by atoms with Crippen LogP contribution < -0.4 is 20.7 Å². The number of carbonyl (C=O) groups excluding carboxylic acids is 4. The molecule has 3 unspecified atom stereocenters. The molecule has 4 N–H and O–H groups in total. The molecule has 14 heteroatoms. The Balaban J connectivity index is 1.79. The summed E-state index contributed by atoms with van der Waals surface area (Å²) in [4.78, 5) is 50.2. The SMILES string of the molecule is CC(CCC(=O)NC(C(=O)N[C@@H](C)C(=O)Nc1ccc(CO)cc1)C(C)C)CC(C)CCC(=O)Oc1c(F)c(F)c(F)c(F)c1F. The molecule has 0 aliphatic rings. The van der Waals surface area contributed by atoms with Crippen molar-refractivity contribution >= 4 is 29.4 Å². The summed E-state index contributed by atoms with van der Waals surface area (Å²) in [5.41, 5.74) is 1.17. The number of rotatable bonds is 16. The number of aliphatic hydroxyl groups is 1. The third-order valence-electron chi connectivity index (χ3n) is 7.32. The van der Waals surface area contributed by atoms with Crippen molar-refractivity contribution in [3.05, 3.63) is 58.9 Å². The second-order valence-electron chi connectivity index (χ2n) is 11.8. The number of anilines is 1. The van der Waals surface area contributed by atoms with Gasteiger partial charge in [0.05, 0.1) is 6.61 Å². The van der Waals surface area contributed by atoms with E-state index in [0.717, 1.165) is 0 Å². The maximum Gasteiger partial charge on any atom is 0.311 e. The Labute approximate surface area is 264 Å². The first-order valence-electron chi connectivity index (χ1n) is 14.9. The van der Waals surface area contributed by atoms with Crippen LogP contribution in [0.2, 0.25) is 0 Å². The number of halogens is 5. The van der Waals surface area contributed by atoms with Gasteiger partial charge in [0.25, 0.3) is 0 Å². The predicted molar refractivity (Wildman–Crippen MR) is 159 cm³/mol. The van der Waals surface area contributed by atoms with Gasteiger partial charge in [-0.1, -0.05) is 39.8 Å². The van der Waals surface area contributed by atoms with Crippen molar-refractivity contribution in [3.63, 3.8) is 0 Å². The highest BCUT2D eigenvalue weighted by molar-refractivity contribution is 5.98. The van der Waals surface area contributed by atoms with E-state index in [1.807, 2.05) is 6.92 Å². The Morgan fingerprint density at radius 3 is 1.78 bits per heavy atom. The van der Waals surface area contributed by atoms with Gasteiger partial charge in [0, 0.05) is 18.5 Å². The minimum Gasteiger partial charge on any atom is -0.420 e. The Hall–Kier alpha value is -4.07. The third kappa shape index (κ3) is 11.1. The number of benzene rings is 2. The van der Waals surface area contributed by atoms with Crippen molar-refractivity contribution < 1.29 is 51.0 Å². The maximum absolute atomic E-state index is 13.8. The van der Waals surface area contributed by atoms with Gasteiger partial charge in [-0.2, -0.15) is 8.78 Å². The van der Waals surface area contributed by atoms with Crippen molar-refractivity contribution in [2.45, 2.75) is 85.4 Å². The number of nitrogens with one attached hydrogen (secondary N) is 3. The Bertz CT molecular complexity index is 1360. The first-order valence-corrected chi connectivity index (χ1v) is 14.9. The minimum atomic E-state index is -2.35. The van der Waals surface area contributed by atoms with E-state index in [2.05, 4.69) is 20.7 Å². The quantitative estimate of drug-likeness (QED) is 0.0638. The molecule has 0 fully saturated rings. The van der Waals surface area contributed by atoms with Crippen molar-refractivity contribution in [2.75, 3.05) is 5.32 Å². The standard InChI is InChI=1S/C32H40F5N3O6/c1-16(2)29(32(45)38-19(5)31(44)39-21-10-8-20(15-41)9-11-21)40-22(42)12-6-17(3)14-18(4)7-13-23(43)46-30-27(36)25(34)24(33)26(35)28(30)37/h8-11,16-19,29,41H,6-7,12-15H2,1-5H3,(H,38,45)(H,39,44)(H,40,42)/t17?,18?,19-,29?/m0/s1. The molecule has 0 aliphatic carbocycles. The Morgan fingerprint density at radius 1 is 0.739 bits per heavy atom. The van der Waals surface area contributed by atoms with Crippen LogP contribution >= 0.6 is 0 Å². The lowest BCUT2D eigenvalue weighted by atomic mass is 9.90. The van der Waals surface area contributed by atoms with Crippen LogP contribution in [0.3, 0.4) is 0 Å². The Kier molecular flexibility index (Phi) is 14.6. The molecule has 46 heavy (non-hydrogen) atoms. The lowest BCUT2D eigenvalue weighted by Gasteiger charge is -2.24. The number of hydrogen-bond donors (Lipinski definition) is 4. The summed E-state index contributed by atoms with van der Waals surface area (Å²) >= 11 is 0. The smallest absolute Gasteiger partial charge is 0.311 e. The van der Waals surface area contributed by atoms with Crippen LogP contribution in [0.1, 0.15) is 72.3 Å². The number of esters is 1. The summed E-state index contributed by atoms with van der Waals surface area (Å²) in [6.07, 6.45) is 0.927. The first kappa shape index (κ1) is 38.1. The van der Waals surface area contributed by atoms with E-state index >= 15 is 0 Å². The van der Waals surface area contributed by atoms with Gasteiger partial charge in [-0.15, -0.1) is 0 Å². The molecule has 0 radical (unpaired) electrons. The van der Waals surface area contributed by atoms with Crippen LogP contribution in [-0.2, 0) is 25.8 Å². The summed E-state index contributed by atoms with van der Waals surface area (Å²) in [5.74, 6) is -15.8. The van der Waals surface area contributed by atoms with Crippen LogP contribution in [0.4, 0.5) is 27.6 Å². The van der Waals surface area contributed by atoms with Crippen LogP contribution in [0.15, 0.2) is 24.3 Å². The van der Waals surface area contributed by atoms with E-state index in [0.29, 0.717) is 24.1 Å². The van der Waals surface area contributed by atoms with Gasteiger partial charge < -0.3 is 25.8 Å². The first-order chi connectivity index (χ1) is 21.5. The molecule has 0 aromatic heterocycles. The highest BCUT2D eigenvalue weighted by Gasteiger charge is 2.29. The fourth-order valence-electron chi connectivity index (χ4n) is 4.60. The molecule has 0 spiro atoms. The van der Waals surface area contributed by atoms with E-state index in [9.17, 15) is 41.1 Å². The van der Waals surface area contributed by atoms with Crippen LogP contribution in [0, 0.1) is 46.8 Å². The van der Waals surface area contributed by atoms with Crippen molar-refractivity contribution in [1.82, 2.24) is 10.6 Å². The van der Waals surface area contributed by atoms with E-state index in [4.69, 9.17) is 5.11 Å². The average Bonchev–Trinajstić information content (AvgIpc) is 3.01. The summed E-state index contributed by atoms with van der Waals surface area (Å²) in [6.45, 7) is 8.54. The second kappa shape index (κ2) is 17.6. The molecule has 0 bridgehead atoms. The van der Waals surface area contributed by atoms with Crippen LogP contribution in [0.25, 0.3) is 0 Å². The molecule has 0 heterocycles. The molecule has 0 saturated heterocycles. The molecule has 2 aromatic carbocycles. The van der Waals surface area contributed by atoms with Gasteiger partial charge >= 0.3 is 5.97 Å². The van der Waals surface area contributed by atoms with E-state index < -0.39 is 64.7 Å². The number of amides is 3. The van der Waals surface area contributed by atoms with Gasteiger partial charge in [0.2, 0.25) is 52.6 Å². The molecule has 3 amide bonds. The molecular weight excluding hydrogens is 617 g/mol. The molecule has 9 nitrogen and oxygen atoms in total. The van der Waals surface area contributed by atoms with Crippen LogP contribution in [-0.4, -0.2) is 40.9 Å². The van der Waals surface area contributed by atoms with Gasteiger partial charge in [0.15, 0.2) is 0 Å². The van der Waals surface area contributed by atoms with Gasteiger partial charge in [-0.3, -0.25) is 19.2 Å². The highest BCUT2D eigenvalue weighted by Crippen LogP contribution is 2.30. The zero-order valence-corrected chi connectivity index (χ0v) is 26.3. The summed E-state index contributed by atoms with van der Waals surface area (Å²) < 4.78 is 71.8. The molecule has 0 aliphatic heterocycles. The minimum absolute atomic E-state index is 0.00608. The lowest BCUT2D eigenvalue weighted by molar-refractivity contribution is -0.135. The van der Waals surface area contributed by atoms with E-state index in [1.165, 1.54) is 6.92 Å². The largest absolute Gasteiger partial charge is 0.420 e. The van der Waals surface area contributed by atoms with Crippen molar-refractivity contribution in [2.24, 2.45) is 17.8 Å². The predicted octanol–water partition coefficient (Wildman–Crippen LogP) is 5.29. The van der Waals surface area contributed by atoms with E-state index in [-0.39, 0.29) is 49.5 Å². The number of hydrogen-bond acceptors (Lipinski definition) is 6. The molecule has 4 atom stereocenters. The summed E-state index contributed by atoms with van der Waals surface area (Å²) in [5, 5.41) is 17.1. The van der Waals surface area contributed by atoms with E-state index in [1.54, 1.807) is 45.0 Å². The highest BCUT2D eigenvalue weighted by atomic mass is 19.2. The fraction of sp³-hybridized carbons (Fsp3) is 0.500. The maximum atomic E-state index is 13.8. The van der Waals surface area contributed by atoms with Gasteiger partial charge in [-0.05, 0) is 61.6 Å². The van der Waals surface area contributed by atoms with Gasteiger partial charge in [0.1, 0.15) is 12.1 Å². The molecular formula is C32H40F5N3O6. The van der Waals surface area contributed by atoms with Crippen LogP contribution in [0.5, 0.6) is 5.75 Å². The fourth-order valence-corrected chi connectivity index (χ4v) is 4.60. The molecule has 0 saturated carbocycles. The number of carbonyl (C=O) groups is 4. The average molecular weight is 658 g/mol. The number of aliphatic hydroxyl groups excluding tert-OH is 1. The zero-order chi connectivity index (χ0) is 34.7. The lowest BCUT2D eigenvalue weighted by Crippen LogP contribution is -2.53. The van der Waals surface area contributed by atoms with Crippen molar-refractivity contribution in [1.29, 1.82) is 0 Å². The number of ether oxygens (including phenoxy) is 1. The Morgan fingerprint density at radius 2 is 1.26 bits per heavy atom. The van der Waals surface area contributed by atoms with Gasteiger partial charge in [-0.25, -0.2) is 13.2 Å². The summed E-state index contributed by atoms with van der Waals surface area (Å²) in [7, 11) is 0. The molecule has 254 valence electrons. The zero-order valence-electron chi connectivity index (χ0n) is 26.3. The molecule has 2 rings (SSSR count). The monoisotopic (exact) mass is 657 g/mol. The topological polar surface area (TPSA) is 134 Å². The van der Waals surface area contributed by atoms with Crippen molar-refractivity contribution in [3.8, 4) is 5.75 Å². The summed E-state index contributed by atoms with van der Waals surface area (Å²) in [6, 6.07) is 4.75. The second-order valence-corrected chi connectivity index (χ2v) is 11.8. The normalized spacial score (nSPS) is 13.8.